The molecule has 0 aliphatic heterocycles. The summed E-state index contributed by atoms with van der Waals surface area (Å²) in [6.45, 7) is 2.07. The van der Waals surface area contributed by atoms with E-state index in [4.69, 9.17) is 10.2 Å². The van der Waals surface area contributed by atoms with Crippen molar-refractivity contribution < 1.29 is 4.42 Å². The molecule has 0 atom stereocenters. The molecule has 0 amide bonds. The van der Waals surface area contributed by atoms with Crippen molar-refractivity contribution in [2.75, 3.05) is 0 Å². The normalized spacial score (nSPS) is 19.0. The predicted molar refractivity (Wildman–Crippen MR) is 55.6 cm³/mol. The van der Waals surface area contributed by atoms with Gasteiger partial charge in [0.05, 0.1) is 0 Å². The largest absolute Gasteiger partial charge is 0.454 e. The van der Waals surface area contributed by atoms with Crippen LogP contribution < -0.4 is 5.73 Å². The number of aryl methyl sites for hydroxylation is 2. The Morgan fingerprint density at radius 1 is 1.62 bits per heavy atom. The summed E-state index contributed by atoms with van der Waals surface area (Å²) in [7, 11) is 0. The molecule has 1 saturated carbocycles. The molecule has 1 aromatic rings. The third-order valence-corrected chi connectivity index (χ3v) is 3.12. The third-order valence-electron chi connectivity index (χ3n) is 2.73. The highest BCUT2D eigenvalue weighted by Gasteiger charge is 2.37. The molecule has 1 aromatic heterocycles. The lowest BCUT2D eigenvalue weighted by molar-refractivity contribution is 0.462. The van der Waals surface area contributed by atoms with E-state index in [-0.39, 0.29) is 5.54 Å². The van der Waals surface area contributed by atoms with Crippen LogP contribution in [-0.4, -0.2) is 5.54 Å². The minimum absolute atomic E-state index is 0.131. The smallest absolute Gasteiger partial charge is 0.169 e. The van der Waals surface area contributed by atoms with Gasteiger partial charge in [0, 0.05) is 12.0 Å². The van der Waals surface area contributed by atoms with Crippen LogP contribution in [0.5, 0.6) is 0 Å². The number of hydrogen-bond acceptors (Lipinski definition) is 2. The summed E-state index contributed by atoms with van der Waals surface area (Å²) < 4.78 is 6.32. The highest BCUT2D eigenvalue weighted by Crippen LogP contribution is 2.37. The highest BCUT2D eigenvalue weighted by atomic mass is 79.9. The Kier molecular flexibility index (Phi) is 2.24. The number of rotatable bonds is 3. The lowest BCUT2D eigenvalue weighted by atomic mass is 10.1. The number of halogens is 1. The van der Waals surface area contributed by atoms with Crippen molar-refractivity contribution in [3.05, 3.63) is 22.1 Å². The van der Waals surface area contributed by atoms with Crippen LogP contribution >= 0.6 is 15.9 Å². The summed E-state index contributed by atoms with van der Waals surface area (Å²) in [5, 5.41) is 0. The first-order chi connectivity index (χ1) is 6.09. The zero-order chi connectivity index (χ0) is 9.47. The Hall–Kier alpha value is -0.280. The molecule has 2 rings (SSSR count). The van der Waals surface area contributed by atoms with Crippen LogP contribution in [0.2, 0.25) is 0 Å². The first-order valence-electron chi connectivity index (χ1n) is 4.63. The zero-order valence-electron chi connectivity index (χ0n) is 7.77. The Morgan fingerprint density at radius 3 is 2.77 bits per heavy atom. The molecule has 2 nitrogen and oxygen atoms in total. The first kappa shape index (κ1) is 9.28. The van der Waals surface area contributed by atoms with E-state index in [0.29, 0.717) is 0 Å². The molecule has 0 spiro atoms. The predicted octanol–water partition coefficient (Wildman–Crippen LogP) is 2.77. The molecule has 1 fully saturated rings. The quantitative estimate of drug-likeness (QED) is 0.887. The van der Waals surface area contributed by atoms with Crippen LogP contribution in [0.4, 0.5) is 0 Å². The van der Waals surface area contributed by atoms with E-state index in [1.54, 1.807) is 0 Å². The number of furan rings is 1. The second-order valence-electron chi connectivity index (χ2n) is 4.02. The molecule has 0 saturated heterocycles. The van der Waals surface area contributed by atoms with Crippen molar-refractivity contribution in [1.29, 1.82) is 0 Å². The van der Waals surface area contributed by atoms with Crippen molar-refractivity contribution in [3.63, 3.8) is 0 Å². The van der Waals surface area contributed by atoms with Crippen molar-refractivity contribution in [2.24, 2.45) is 5.73 Å². The molecule has 1 heterocycles. The van der Waals surface area contributed by atoms with Gasteiger partial charge in [-0.1, -0.05) is 0 Å². The molecular weight excluding hydrogens is 230 g/mol. The number of hydrogen-bond donors (Lipinski definition) is 1. The molecule has 1 aliphatic rings. The summed E-state index contributed by atoms with van der Waals surface area (Å²) in [6.07, 6.45) is 4.36. The van der Waals surface area contributed by atoms with Crippen LogP contribution in [0.15, 0.2) is 15.2 Å². The van der Waals surface area contributed by atoms with Crippen LogP contribution in [-0.2, 0) is 6.42 Å². The highest BCUT2D eigenvalue weighted by molar-refractivity contribution is 9.10. The fraction of sp³-hybridized carbons (Fsp3) is 0.600. The minimum atomic E-state index is 0.131. The molecule has 13 heavy (non-hydrogen) atoms. The fourth-order valence-corrected chi connectivity index (χ4v) is 2.04. The van der Waals surface area contributed by atoms with E-state index in [1.165, 1.54) is 18.4 Å². The van der Waals surface area contributed by atoms with Gasteiger partial charge in [-0.15, -0.1) is 0 Å². The minimum Gasteiger partial charge on any atom is -0.454 e. The summed E-state index contributed by atoms with van der Waals surface area (Å²) in [5.41, 5.74) is 7.35. The molecule has 0 radical (unpaired) electrons. The van der Waals surface area contributed by atoms with Gasteiger partial charge in [0.15, 0.2) is 4.67 Å². The van der Waals surface area contributed by atoms with Gasteiger partial charge in [-0.05, 0) is 53.7 Å². The number of nitrogens with two attached hydrogens (primary N) is 1. The SMILES string of the molecule is Cc1cc(Br)oc1CCC1(N)CC1. The van der Waals surface area contributed by atoms with E-state index in [1.807, 2.05) is 6.07 Å². The van der Waals surface area contributed by atoms with E-state index in [0.717, 1.165) is 23.3 Å². The fourth-order valence-electron chi connectivity index (χ4n) is 1.50. The molecule has 2 N–H and O–H groups in total. The van der Waals surface area contributed by atoms with Crippen LogP contribution in [0.25, 0.3) is 0 Å². The van der Waals surface area contributed by atoms with Gasteiger partial charge in [0.1, 0.15) is 5.76 Å². The van der Waals surface area contributed by atoms with E-state index in [2.05, 4.69) is 22.9 Å². The van der Waals surface area contributed by atoms with Gasteiger partial charge in [0.25, 0.3) is 0 Å². The van der Waals surface area contributed by atoms with Gasteiger partial charge in [-0.3, -0.25) is 0 Å². The first-order valence-corrected chi connectivity index (χ1v) is 5.42. The molecule has 0 unspecified atom stereocenters. The Labute approximate surface area is 86.6 Å². The topological polar surface area (TPSA) is 39.2 Å². The molecule has 0 bridgehead atoms. The third kappa shape index (κ3) is 2.15. The monoisotopic (exact) mass is 243 g/mol. The van der Waals surface area contributed by atoms with E-state index < -0.39 is 0 Å². The van der Waals surface area contributed by atoms with E-state index in [9.17, 15) is 0 Å². The lowest BCUT2D eigenvalue weighted by Crippen LogP contribution is -2.22. The Balaban J connectivity index is 1.97. The summed E-state index contributed by atoms with van der Waals surface area (Å²) in [5.74, 6) is 1.07. The average molecular weight is 244 g/mol. The van der Waals surface area contributed by atoms with Gasteiger partial charge < -0.3 is 10.2 Å². The van der Waals surface area contributed by atoms with Crippen molar-refractivity contribution in [1.82, 2.24) is 0 Å². The van der Waals surface area contributed by atoms with Gasteiger partial charge in [0.2, 0.25) is 0 Å². The molecule has 1 aliphatic carbocycles. The summed E-state index contributed by atoms with van der Waals surface area (Å²) in [6, 6.07) is 2.01. The molecule has 72 valence electrons. The van der Waals surface area contributed by atoms with Crippen LogP contribution in [0, 0.1) is 6.92 Å². The van der Waals surface area contributed by atoms with Crippen molar-refractivity contribution in [3.8, 4) is 0 Å². The second kappa shape index (κ2) is 3.14. The van der Waals surface area contributed by atoms with Gasteiger partial charge in [-0.2, -0.15) is 0 Å². The van der Waals surface area contributed by atoms with Crippen molar-refractivity contribution >= 4 is 15.9 Å². The molecule has 0 aromatic carbocycles. The Bertz CT molecular complexity index is 315. The maximum atomic E-state index is 6.00. The average Bonchev–Trinajstić information content (AvgIpc) is 2.69. The standard InChI is InChI=1S/C10H14BrNO/c1-7-6-9(11)13-8(7)2-3-10(12)4-5-10/h6H,2-5,12H2,1H3. The van der Waals surface area contributed by atoms with E-state index >= 15 is 0 Å². The Morgan fingerprint density at radius 2 is 2.31 bits per heavy atom. The van der Waals surface area contributed by atoms with Gasteiger partial charge >= 0.3 is 0 Å². The summed E-state index contributed by atoms with van der Waals surface area (Å²) in [4.78, 5) is 0. The summed E-state index contributed by atoms with van der Waals surface area (Å²) >= 11 is 3.32. The molecule has 3 heteroatoms. The second-order valence-corrected chi connectivity index (χ2v) is 4.80. The van der Waals surface area contributed by atoms with Gasteiger partial charge in [-0.25, -0.2) is 0 Å². The van der Waals surface area contributed by atoms with Crippen LogP contribution in [0.3, 0.4) is 0 Å². The van der Waals surface area contributed by atoms with Crippen molar-refractivity contribution in [2.45, 2.75) is 38.1 Å². The lowest BCUT2D eigenvalue weighted by Gasteiger charge is -2.06. The van der Waals surface area contributed by atoms with Crippen LogP contribution in [0.1, 0.15) is 30.6 Å². The molecular formula is C10H14BrNO. The maximum absolute atomic E-state index is 6.00. The maximum Gasteiger partial charge on any atom is 0.169 e. The zero-order valence-corrected chi connectivity index (χ0v) is 9.36.